The highest BCUT2D eigenvalue weighted by atomic mass is 79.9. The van der Waals surface area contributed by atoms with Crippen LogP contribution in [-0.4, -0.2) is 11.9 Å². The maximum absolute atomic E-state index is 11.4. The van der Waals surface area contributed by atoms with E-state index in [1.165, 1.54) is 13.8 Å². The Hall–Kier alpha value is -3.83. The summed E-state index contributed by atoms with van der Waals surface area (Å²) in [5, 5.41) is 8.93. The summed E-state index contributed by atoms with van der Waals surface area (Å²) < 4.78 is 22.9. The Morgan fingerprint density at radius 2 is 1.33 bits per heavy atom. The molecule has 3 aromatic rings. The number of halogens is 1. The minimum atomic E-state index is -0.424. The molecule has 0 aliphatic carbocycles. The molecule has 0 fully saturated rings. The first kappa shape index (κ1) is 23.8. The molecule has 0 spiro atoms. The maximum Gasteiger partial charge on any atom is 0.302 e. The molecule has 3 aromatic carbocycles. The van der Waals surface area contributed by atoms with E-state index < -0.39 is 5.97 Å². The minimum absolute atomic E-state index is 0.00787. The van der Waals surface area contributed by atoms with Crippen LogP contribution in [0.3, 0.4) is 0 Å². The van der Waals surface area contributed by atoms with Gasteiger partial charge in [0.25, 0.3) is 0 Å². The van der Waals surface area contributed by atoms with Crippen LogP contribution in [0, 0.1) is 11.3 Å². The van der Waals surface area contributed by atoms with E-state index in [-0.39, 0.29) is 19.2 Å². The van der Waals surface area contributed by atoms with Crippen LogP contribution in [0.5, 0.6) is 23.0 Å². The van der Waals surface area contributed by atoms with Gasteiger partial charge in [0.05, 0.1) is 11.6 Å². The molecule has 0 heterocycles. The SMILES string of the molecule is CC(=O)OCc1cc(Oc2ccc(Oc3ccc(C#N)cc3)cc2COC(C)=O)ccc1Br. The van der Waals surface area contributed by atoms with Gasteiger partial charge in [0.1, 0.15) is 36.2 Å². The van der Waals surface area contributed by atoms with Gasteiger partial charge >= 0.3 is 11.9 Å². The molecule has 0 aromatic heterocycles. The van der Waals surface area contributed by atoms with Gasteiger partial charge in [-0.3, -0.25) is 9.59 Å². The molecule has 0 saturated heterocycles. The van der Waals surface area contributed by atoms with Crippen molar-refractivity contribution in [1.82, 2.24) is 0 Å². The van der Waals surface area contributed by atoms with Gasteiger partial charge < -0.3 is 18.9 Å². The van der Waals surface area contributed by atoms with Crippen molar-refractivity contribution >= 4 is 27.9 Å². The summed E-state index contributed by atoms with van der Waals surface area (Å²) in [7, 11) is 0. The van der Waals surface area contributed by atoms with Crippen molar-refractivity contribution in [2.45, 2.75) is 27.1 Å². The Bertz CT molecular complexity index is 1200. The molecule has 3 rings (SSSR count). The predicted molar refractivity (Wildman–Crippen MR) is 123 cm³/mol. The highest BCUT2D eigenvalue weighted by Crippen LogP contribution is 2.33. The van der Waals surface area contributed by atoms with E-state index in [1.807, 2.05) is 0 Å². The van der Waals surface area contributed by atoms with E-state index in [4.69, 9.17) is 24.2 Å². The van der Waals surface area contributed by atoms with Crippen LogP contribution in [0.4, 0.5) is 0 Å². The molecule has 8 heteroatoms. The molecule has 0 unspecified atom stereocenters. The molecule has 0 amide bonds. The van der Waals surface area contributed by atoms with Crippen molar-refractivity contribution in [3.63, 3.8) is 0 Å². The number of ether oxygens (including phenoxy) is 4. The van der Waals surface area contributed by atoms with Crippen LogP contribution >= 0.6 is 15.9 Å². The zero-order chi connectivity index (χ0) is 23.8. The highest BCUT2D eigenvalue weighted by Gasteiger charge is 2.12. The summed E-state index contributed by atoms with van der Waals surface area (Å²) >= 11 is 3.43. The van der Waals surface area contributed by atoms with E-state index in [1.54, 1.807) is 60.7 Å². The average molecular weight is 510 g/mol. The fourth-order valence-corrected chi connectivity index (χ4v) is 3.14. The zero-order valence-corrected chi connectivity index (χ0v) is 19.5. The second-order valence-corrected chi connectivity index (χ2v) is 7.78. The van der Waals surface area contributed by atoms with Crippen LogP contribution in [-0.2, 0) is 32.3 Å². The summed E-state index contributed by atoms with van der Waals surface area (Å²) in [6, 6.07) is 19.2. The van der Waals surface area contributed by atoms with Gasteiger partial charge in [-0.05, 0) is 60.7 Å². The number of benzene rings is 3. The molecule has 0 aliphatic heterocycles. The normalized spacial score (nSPS) is 10.1. The monoisotopic (exact) mass is 509 g/mol. The number of carbonyl (C=O) groups excluding carboxylic acids is 2. The molecular weight excluding hydrogens is 490 g/mol. The fraction of sp³-hybridized carbons (Fsp3) is 0.160. The lowest BCUT2D eigenvalue weighted by atomic mass is 10.2. The molecular formula is C25H20BrNO6. The van der Waals surface area contributed by atoms with E-state index in [0.29, 0.717) is 34.1 Å². The van der Waals surface area contributed by atoms with Crippen molar-refractivity contribution in [2.75, 3.05) is 0 Å². The molecule has 0 N–H and O–H groups in total. The topological polar surface area (TPSA) is 94.9 Å². The van der Waals surface area contributed by atoms with Crippen LogP contribution < -0.4 is 9.47 Å². The Kier molecular flexibility index (Phi) is 8.06. The van der Waals surface area contributed by atoms with Crippen LogP contribution in [0.1, 0.15) is 30.5 Å². The molecule has 0 saturated carbocycles. The van der Waals surface area contributed by atoms with Gasteiger partial charge in [-0.2, -0.15) is 5.26 Å². The Morgan fingerprint density at radius 1 is 0.788 bits per heavy atom. The van der Waals surface area contributed by atoms with Gasteiger partial charge in [-0.15, -0.1) is 0 Å². The van der Waals surface area contributed by atoms with Crippen molar-refractivity contribution < 1.29 is 28.5 Å². The van der Waals surface area contributed by atoms with E-state index >= 15 is 0 Å². The first-order valence-electron chi connectivity index (χ1n) is 9.88. The van der Waals surface area contributed by atoms with Crippen molar-refractivity contribution in [2.24, 2.45) is 0 Å². The second kappa shape index (κ2) is 11.2. The Labute approximate surface area is 199 Å². The lowest BCUT2D eigenvalue weighted by Gasteiger charge is -2.15. The summed E-state index contributed by atoms with van der Waals surface area (Å²) in [5.74, 6) is 1.26. The standard InChI is InChI=1S/C25H20BrNO6/c1-16(28)30-14-19-11-23(7-9-24(19)26)33-25-10-8-22(12-20(25)15-31-17(2)29)32-21-5-3-18(13-27)4-6-21/h3-12H,14-15H2,1-2H3. The third kappa shape index (κ3) is 7.09. The number of nitriles is 1. The quantitative estimate of drug-likeness (QED) is 0.342. The zero-order valence-electron chi connectivity index (χ0n) is 18.0. The van der Waals surface area contributed by atoms with E-state index in [0.717, 1.165) is 10.0 Å². The molecule has 0 atom stereocenters. The molecule has 0 radical (unpaired) electrons. The number of esters is 2. The van der Waals surface area contributed by atoms with Gasteiger partial charge in [0.2, 0.25) is 0 Å². The molecule has 7 nitrogen and oxygen atoms in total. The molecule has 168 valence electrons. The van der Waals surface area contributed by atoms with Crippen molar-refractivity contribution in [3.05, 3.63) is 81.8 Å². The summed E-state index contributed by atoms with van der Waals surface area (Å²) in [4.78, 5) is 22.5. The maximum atomic E-state index is 11.4. The number of rotatable bonds is 8. The third-order valence-electron chi connectivity index (χ3n) is 4.36. The van der Waals surface area contributed by atoms with Crippen molar-refractivity contribution in [3.8, 4) is 29.1 Å². The molecule has 33 heavy (non-hydrogen) atoms. The number of nitrogens with zero attached hydrogens (tertiary/aromatic N) is 1. The summed E-state index contributed by atoms with van der Waals surface area (Å²) in [5.41, 5.74) is 1.87. The smallest absolute Gasteiger partial charge is 0.302 e. The van der Waals surface area contributed by atoms with Crippen LogP contribution in [0.15, 0.2) is 65.1 Å². The lowest BCUT2D eigenvalue weighted by molar-refractivity contribution is -0.143. The second-order valence-electron chi connectivity index (χ2n) is 6.92. The predicted octanol–water partition coefficient (Wildman–Crippen LogP) is 6.03. The van der Waals surface area contributed by atoms with Crippen LogP contribution in [0.25, 0.3) is 0 Å². The largest absolute Gasteiger partial charge is 0.461 e. The first-order valence-corrected chi connectivity index (χ1v) is 10.7. The number of hydrogen-bond donors (Lipinski definition) is 0. The number of carbonyl (C=O) groups is 2. The number of hydrogen-bond acceptors (Lipinski definition) is 7. The lowest BCUT2D eigenvalue weighted by Crippen LogP contribution is -2.02. The van der Waals surface area contributed by atoms with Gasteiger partial charge in [0, 0.05) is 29.4 Å². The van der Waals surface area contributed by atoms with Gasteiger partial charge in [0.15, 0.2) is 0 Å². The third-order valence-corrected chi connectivity index (χ3v) is 5.13. The van der Waals surface area contributed by atoms with E-state index in [2.05, 4.69) is 22.0 Å². The summed E-state index contributed by atoms with van der Waals surface area (Å²) in [6.45, 7) is 2.77. The fourth-order valence-electron chi connectivity index (χ4n) is 2.78. The average Bonchev–Trinajstić information content (AvgIpc) is 2.79. The van der Waals surface area contributed by atoms with Crippen LogP contribution in [0.2, 0.25) is 0 Å². The highest BCUT2D eigenvalue weighted by molar-refractivity contribution is 9.10. The van der Waals surface area contributed by atoms with Crippen molar-refractivity contribution in [1.29, 1.82) is 5.26 Å². The molecule has 0 bridgehead atoms. The van der Waals surface area contributed by atoms with E-state index in [9.17, 15) is 9.59 Å². The Morgan fingerprint density at radius 3 is 1.97 bits per heavy atom. The minimum Gasteiger partial charge on any atom is -0.461 e. The van der Waals surface area contributed by atoms with Gasteiger partial charge in [-0.25, -0.2) is 0 Å². The molecule has 0 aliphatic rings. The Balaban J connectivity index is 1.84. The summed E-state index contributed by atoms with van der Waals surface area (Å²) in [6.07, 6.45) is 0. The first-order chi connectivity index (χ1) is 15.8. The van der Waals surface area contributed by atoms with Gasteiger partial charge in [-0.1, -0.05) is 15.9 Å².